The molecule has 1 fully saturated rings. The molecule has 2 heterocycles. The summed E-state index contributed by atoms with van der Waals surface area (Å²) in [5.74, 6) is 1.14. The molecule has 0 amide bonds. The van der Waals surface area contributed by atoms with Gasteiger partial charge in [0.2, 0.25) is 0 Å². The van der Waals surface area contributed by atoms with Gasteiger partial charge >= 0.3 is 0 Å². The number of hydrogen-bond acceptors (Lipinski definition) is 4. The Morgan fingerprint density at radius 2 is 2.17 bits per heavy atom. The summed E-state index contributed by atoms with van der Waals surface area (Å²) < 4.78 is 5.34. The van der Waals surface area contributed by atoms with Crippen LogP contribution in [-0.2, 0) is 4.74 Å². The van der Waals surface area contributed by atoms with Gasteiger partial charge in [0, 0.05) is 26.2 Å². The van der Waals surface area contributed by atoms with Crippen molar-refractivity contribution in [1.29, 1.82) is 0 Å². The van der Waals surface area contributed by atoms with Gasteiger partial charge in [0.25, 0.3) is 0 Å². The Labute approximate surface area is 72.6 Å². The first-order chi connectivity index (χ1) is 5.97. The highest BCUT2D eigenvalue weighted by Gasteiger charge is 2.15. The van der Waals surface area contributed by atoms with Crippen LogP contribution in [0.2, 0.25) is 0 Å². The summed E-state index contributed by atoms with van der Waals surface area (Å²) in [5.41, 5.74) is 0. The first-order valence-electron chi connectivity index (χ1n) is 4.53. The zero-order valence-electron chi connectivity index (χ0n) is 7.25. The van der Waals surface area contributed by atoms with Crippen molar-refractivity contribution in [3.63, 3.8) is 0 Å². The molecule has 0 aromatic rings. The second-order valence-electron chi connectivity index (χ2n) is 3.09. The largest absolute Gasteiger partial charge is 0.372 e. The van der Waals surface area contributed by atoms with E-state index in [9.17, 15) is 0 Å². The van der Waals surface area contributed by atoms with E-state index in [2.05, 4.69) is 15.2 Å². The lowest BCUT2D eigenvalue weighted by molar-refractivity contribution is 0.156. The van der Waals surface area contributed by atoms with Crippen molar-refractivity contribution >= 4 is 5.84 Å². The Morgan fingerprint density at radius 1 is 1.33 bits per heavy atom. The zero-order chi connectivity index (χ0) is 8.23. The maximum absolute atomic E-state index is 5.34. The number of piperazine rings is 1. The van der Waals surface area contributed by atoms with Crippen molar-refractivity contribution in [3.05, 3.63) is 0 Å². The van der Waals surface area contributed by atoms with Crippen molar-refractivity contribution in [2.75, 3.05) is 45.9 Å². The van der Waals surface area contributed by atoms with Gasteiger partial charge in [-0.05, 0) is 0 Å². The van der Waals surface area contributed by atoms with E-state index in [1.165, 1.54) is 0 Å². The number of rotatable bonds is 0. The number of amidine groups is 1. The molecule has 0 saturated carbocycles. The molecule has 12 heavy (non-hydrogen) atoms. The molecule has 0 aromatic carbocycles. The highest BCUT2D eigenvalue weighted by Crippen LogP contribution is 2.00. The lowest BCUT2D eigenvalue weighted by Crippen LogP contribution is -2.48. The number of nitrogens with zero attached hydrogens (tertiary/aromatic N) is 2. The third kappa shape index (κ3) is 1.76. The van der Waals surface area contributed by atoms with Gasteiger partial charge in [0.15, 0.2) is 0 Å². The molecular formula is C8H15N3O. The quantitative estimate of drug-likeness (QED) is 0.522. The summed E-state index contributed by atoms with van der Waals surface area (Å²) in [6.07, 6.45) is 0. The fourth-order valence-corrected chi connectivity index (χ4v) is 1.56. The van der Waals surface area contributed by atoms with Crippen molar-refractivity contribution in [2.45, 2.75) is 0 Å². The van der Waals surface area contributed by atoms with E-state index in [0.29, 0.717) is 6.61 Å². The number of aliphatic imine (C=N–C) groups is 1. The van der Waals surface area contributed by atoms with Crippen LogP contribution in [0.5, 0.6) is 0 Å². The van der Waals surface area contributed by atoms with Crippen LogP contribution in [0, 0.1) is 0 Å². The molecule has 0 atom stereocenters. The normalized spacial score (nSPS) is 25.3. The van der Waals surface area contributed by atoms with Crippen LogP contribution in [0.3, 0.4) is 0 Å². The van der Waals surface area contributed by atoms with Crippen molar-refractivity contribution in [3.8, 4) is 0 Å². The second-order valence-corrected chi connectivity index (χ2v) is 3.09. The van der Waals surface area contributed by atoms with Crippen LogP contribution in [-0.4, -0.2) is 56.7 Å². The fraction of sp³-hybridized carbons (Fsp3) is 0.875. The molecule has 0 radical (unpaired) electrons. The summed E-state index contributed by atoms with van der Waals surface area (Å²) in [4.78, 5) is 6.76. The highest BCUT2D eigenvalue weighted by atomic mass is 16.5. The minimum atomic E-state index is 0.708. The molecule has 68 valence electrons. The van der Waals surface area contributed by atoms with Gasteiger partial charge in [0.05, 0.1) is 13.2 Å². The minimum absolute atomic E-state index is 0.708. The standard InChI is InChI=1S/C8H15N3O/c1-4-11(5-2-9-1)8-7-12-6-3-10-8/h9H,1-7H2. The molecule has 1 saturated heterocycles. The van der Waals surface area contributed by atoms with Crippen molar-refractivity contribution in [1.82, 2.24) is 10.2 Å². The van der Waals surface area contributed by atoms with Gasteiger partial charge < -0.3 is 15.0 Å². The van der Waals surface area contributed by atoms with E-state index in [1.807, 2.05) is 0 Å². The third-order valence-electron chi connectivity index (χ3n) is 2.24. The SMILES string of the molecule is C1COCC(N2CCNCC2)=N1. The van der Waals surface area contributed by atoms with Gasteiger partial charge in [-0.25, -0.2) is 0 Å². The maximum Gasteiger partial charge on any atom is 0.125 e. The van der Waals surface area contributed by atoms with E-state index >= 15 is 0 Å². The molecule has 2 rings (SSSR count). The van der Waals surface area contributed by atoms with E-state index < -0.39 is 0 Å². The first kappa shape index (κ1) is 8.01. The molecule has 0 aliphatic carbocycles. The lowest BCUT2D eigenvalue weighted by atomic mass is 10.3. The summed E-state index contributed by atoms with van der Waals surface area (Å²) in [5, 5.41) is 3.32. The molecule has 0 bridgehead atoms. The average molecular weight is 169 g/mol. The van der Waals surface area contributed by atoms with Crippen LogP contribution in [0.1, 0.15) is 0 Å². The maximum atomic E-state index is 5.34. The minimum Gasteiger partial charge on any atom is -0.372 e. The van der Waals surface area contributed by atoms with Crippen molar-refractivity contribution < 1.29 is 4.74 Å². The fourth-order valence-electron chi connectivity index (χ4n) is 1.56. The molecule has 4 heteroatoms. The van der Waals surface area contributed by atoms with Gasteiger partial charge in [0.1, 0.15) is 12.4 Å². The van der Waals surface area contributed by atoms with E-state index in [-0.39, 0.29) is 0 Å². The van der Waals surface area contributed by atoms with Crippen LogP contribution in [0.4, 0.5) is 0 Å². The molecule has 0 unspecified atom stereocenters. The monoisotopic (exact) mass is 169 g/mol. The Balaban J connectivity index is 1.92. The lowest BCUT2D eigenvalue weighted by Gasteiger charge is -2.31. The van der Waals surface area contributed by atoms with Crippen LogP contribution >= 0.6 is 0 Å². The van der Waals surface area contributed by atoms with Gasteiger partial charge in [-0.2, -0.15) is 0 Å². The van der Waals surface area contributed by atoms with E-state index in [4.69, 9.17) is 4.74 Å². The Bertz CT molecular complexity index is 175. The topological polar surface area (TPSA) is 36.9 Å². The number of nitrogens with one attached hydrogen (secondary N) is 1. The highest BCUT2D eigenvalue weighted by molar-refractivity contribution is 5.84. The molecular weight excluding hydrogens is 154 g/mol. The number of hydrogen-bond donors (Lipinski definition) is 1. The molecule has 0 spiro atoms. The molecule has 2 aliphatic rings. The number of ether oxygens (including phenoxy) is 1. The summed E-state index contributed by atoms with van der Waals surface area (Å²) in [6.45, 7) is 6.61. The summed E-state index contributed by atoms with van der Waals surface area (Å²) >= 11 is 0. The molecule has 4 nitrogen and oxygen atoms in total. The smallest absolute Gasteiger partial charge is 0.125 e. The summed E-state index contributed by atoms with van der Waals surface area (Å²) in [6, 6.07) is 0. The predicted molar refractivity (Wildman–Crippen MR) is 47.6 cm³/mol. The molecule has 0 aromatic heterocycles. The summed E-state index contributed by atoms with van der Waals surface area (Å²) in [7, 11) is 0. The van der Waals surface area contributed by atoms with Crippen LogP contribution in [0.15, 0.2) is 4.99 Å². The third-order valence-corrected chi connectivity index (χ3v) is 2.24. The van der Waals surface area contributed by atoms with Crippen LogP contribution < -0.4 is 5.32 Å². The zero-order valence-corrected chi connectivity index (χ0v) is 7.25. The second kappa shape index (κ2) is 3.87. The Hall–Kier alpha value is -0.610. The Kier molecular flexibility index (Phi) is 2.58. The van der Waals surface area contributed by atoms with Crippen molar-refractivity contribution in [2.24, 2.45) is 4.99 Å². The van der Waals surface area contributed by atoms with Gasteiger partial charge in [-0.3, -0.25) is 4.99 Å². The first-order valence-corrected chi connectivity index (χ1v) is 4.53. The molecule has 2 aliphatic heterocycles. The van der Waals surface area contributed by atoms with E-state index in [0.717, 1.165) is 45.2 Å². The molecule has 1 N–H and O–H groups in total. The van der Waals surface area contributed by atoms with Gasteiger partial charge in [-0.15, -0.1) is 0 Å². The predicted octanol–water partition coefficient (Wildman–Crippen LogP) is -0.680. The average Bonchev–Trinajstić information content (AvgIpc) is 2.21. The van der Waals surface area contributed by atoms with Gasteiger partial charge in [-0.1, -0.05) is 0 Å². The van der Waals surface area contributed by atoms with E-state index in [1.54, 1.807) is 0 Å². The van der Waals surface area contributed by atoms with Crippen LogP contribution in [0.25, 0.3) is 0 Å². The Morgan fingerprint density at radius 3 is 2.83 bits per heavy atom.